The van der Waals surface area contributed by atoms with E-state index in [2.05, 4.69) is 21.3 Å². The molecule has 25 heavy (non-hydrogen) atoms. The number of aromatic nitrogens is 1. The van der Waals surface area contributed by atoms with Crippen molar-refractivity contribution in [2.45, 2.75) is 12.3 Å². The van der Waals surface area contributed by atoms with Crippen molar-refractivity contribution in [2.24, 2.45) is 0 Å². The predicted octanol–water partition coefficient (Wildman–Crippen LogP) is 2.79. The number of nitrogens with one attached hydrogen (secondary N) is 1. The number of carbonyl (C=O) groups excluding carboxylic acids is 1. The van der Waals surface area contributed by atoms with Crippen molar-refractivity contribution >= 4 is 23.4 Å². The summed E-state index contributed by atoms with van der Waals surface area (Å²) in [7, 11) is 0. The average molecular weight is 357 g/mol. The van der Waals surface area contributed by atoms with Gasteiger partial charge in [0.05, 0.1) is 19.0 Å². The number of hydrogen-bond donors (Lipinski definition) is 1. The van der Waals surface area contributed by atoms with Crippen LogP contribution in [0.1, 0.15) is 11.1 Å². The maximum absolute atomic E-state index is 12.3. The normalized spacial score (nSPS) is 15.0. The van der Waals surface area contributed by atoms with Crippen LogP contribution in [-0.4, -0.2) is 47.8 Å². The zero-order valence-electron chi connectivity index (χ0n) is 14.2. The summed E-state index contributed by atoms with van der Waals surface area (Å²) in [6.45, 7) is 4.26. The first-order chi connectivity index (χ1) is 12.3. The molecule has 0 aliphatic carbocycles. The Balaban J connectivity index is 1.50. The Morgan fingerprint density at radius 1 is 1.20 bits per heavy atom. The van der Waals surface area contributed by atoms with Crippen molar-refractivity contribution in [3.63, 3.8) is 0 Å². The van der Waals surface area contributed by atoms with Crippen LogP contribution in [-0.2, 0) is 21.8 Å². The number of thioether (sulfide) groups is 1. The second kappa shape index (κ2) is 9.56. The number of benzene rings is 1. The summed E-state index contributed by atoms with van der Waals surface area (Å²) >= 11 is 1.60. The summed E-state index contributed by atoms with van der Waals surface area (Å²) in [5.41, 5.74) is 3.18. The minimum Gasteiger partial charge on any atom is -0.379 e. The molecule has 3 rings (SSSR count). The molecule has 0 atom stereocenters. The number of rotatable bonds is 7. The van der Waals surface area contributed by atoms with Crippen LogP contribution < -0.4 is 5.32 Å². The molecule has 1 aromatic heterocycles. The lowest BCUT2D eigenvalue weighted by atomic mass is 10.1. The highest BCUT2D eigenvalue weighted by atomic mass is 32.2. The van der Waals surface area contributed by atoms with E-state index in [0.717, 1.165) is 55.4 Å². The first kappa shape index (κ1) is 17.9. The smallest absolute Gasteiger partial charge is 0.234 e. The largest absolute Gasteiger partial charge is 0.379 e. The van der Waals surface area contributed by atoms with Crippen LogP contribution in [0.5, 0.6) is 0 Å². The fourth-order valence-corrected chi connectivity index (χ4v) is 3.48. The molecule has 1 aromatic carbocycles. The molecule has 0 spiro atoms. The van der Waals surface area contributed by atoms with Crippen molar-refractivity contribution in [3.8, 4) is 0 Å². The summed E-state index contributed by atoms with van der Waals surface area (Å²) < 4.78 is 5.39. The molecule has 0 unspecified atom stereocenters. The van der Waals surface area contributed by atoms with Gasteiger partial charge in [-0.25, -0.2) is 0 Å². The number of anilines is 1. The number of amides is 1. The van der Waals surface area contributed by atoms with Gasteiger partial charge in [0, 0.05) is 43.5 Å². The van der Waals surface area contributed by atoms with Gasteiger partial charge in [0.15, 0.2) is 0 Å². The van der Waals surface area contributed by atoms with Gasteiger partial charge in [0.25, 0.3) is 0 Å². The predicted molar refractivity (Wildman–Crippen MR) is 102 cm³/mol. The Morgan fingerprint density at radius 2 is 2.04 bits per heavy atom. The molecule has 0 radical (unpaired) electrons. The van der Waals surface area contributed by atoms with E-state index < -0.39 is 0 Å². The van der Waals surface area contributed by atoms with Gasteiger partial charge in [-0.15, -0.1) is 11.8 Å². The van der Waals surface area contributed by atoms with E-state index in [0.29, 0.717) is 5.75 Å². The highest BCUT2D eigenvalue weighted by Gasteiger charge is 2.13. The minimum absolute atomic E-state index is 0.0308. The van der Waals surface area contributed by atoms with E-state index in [-0.39, 0.29) is 5.91 Å². The maximum atomic E-state index is 12.3. The zero-order chi connectivity index (χ0) is 17.3. The second-order valence-corrected chi connectivity index (χ2v) is 6.93. The van der Waals surface area contributed by atoms with Crippen LogP contribution in [0.3, 0.4) is 0 Å². The Kier molecular flexibility index (Phi) is 6.85. The van der Waals surface area contributed by atoms with E-state index in [4.69, 9.17) is 4.74 Å². The SMILES string of the molecule is O=C(CSCc1cccnc1)Nc1ccccc1CN1CCOCC1. The van der Waals surface area contributed by atoms with Gasteiger partial charge in [-0.05, 0) is 23.3 Å². The molecule has 0 saturated carbocycles. The molecule has 6 heteroatoms. The van der Waals surface area contributed by atoms with Crippen molar-refractivity contribution in [2.75, 3.05) is 37.4 Å². The number of nitrogens with zero attached hydrogens (tertiary/aromatic N) is 2. The van der Waals surface area contributed by atoms with Gasteiger partial charge in [-0.2, -0.15) is 0 Å². The van der Waals surface area contributed by atoms with Crippen LogP contribution >= 0.6 is 11.8 Å². The zero-order valence-corrected chi connectivity index (χ0v) is 15.0. The minimum atomic E-state index is 0.0308. The third-order valence-corrected chi connectivity index (χ3v) is 5.02. The Morgan fingerprint density at radius 3 is 2.84 bits per heavy atom. The topological polar surface area (TPSA) is 54.5 Å². The first-order valence-corrected chi connectivity index (χ1v) is 9.61. The van der Waals surface area contributed by atoms with Crippen molar-refractivity contribution < 1.29 is 9.53 Å². The average Bonchev–Trinajstić information content (AvgIpc) is 2.65. The standard InChI is InChI=1S/C19H23N3O2S/c23-19(15-25-14-16-4-3-7-20-12-16)21-18-6-2-1-5-17(18)13-22-8-10-24-11-9-22/h1-7,12H,8-11,13-15H2,(H,21,23). The van der Waals surface area contributed by atoms with Crippen molar-refractivity contribution in [1.29, 1.82) is 0 Å². The number of ether oxygens (including phenoxy) is 1. The summed E-state index contributed by atoms with van der Waals surface area (Å²) in [4.78, 5) is 18.7. The van der Waals surface area contributed by atoms with Gasteiger partial charge < -0.3 is 10.1 Å². The molecule has 1 aliphatic rings. The molecule has 1 N–H and O–H groups in total. The summed E-state index contributed by atoms with van der Waals surface area (Å²) in [5, 5.41) is 3.05. The van der Waals surface area contributed by atoms with E-state index in [9.17, 15) is 4.79 Å². The first-order valence-electron chi connectivity index (χ1n) is 8.46. The van der Waals surface area contributed by atoms with E-state index in [1.165, 1.54) is 0 Å². The molecule has 5 nitrogen and oxygen atoms in total. The van der Waals surface area contributed by atoms with Crippen LogP contribution in [0.15, 0.2) is 48.8 Å². The molecule has 1 amide bonds. The number of carbonyl (C=O) groups is 1. The highest BCUT2D eigenvalue weighted by molar-refractivity contribution is 7.99. The highest BCUT2D eigenvalue weighted by Crippen LogP contribution is 2.19. The van der Waals surface area contributed by atoms with Gasteiger partial charge >= 0.3 is 0 Å². The van der Waals surface area contributed by atoms with Crippen molar-refractivity contribution in [1.82, 2.24) is 9.88 Å². The van der Waals surface area contributed by atoms with Gasteiger partial charge in [-0.1, -0.05) is 24.3 Å². The quantitative estimate of drug-likeness (QED) is 0.826. The van der Waals surface area contributed by atoms with Gasteiger partial charge in [0.1, 0.15) is 0 Å². The second-order valence-electron chi connectivity index (χ2n) is 5.95. The fraction of sp³-hybridized carbons (Fsp3) is 0.368. The summed E-state index contributed by atoms with van der Waals surface area (Å²) in [5.74, 6) is 1.25. The lowest BCUT2D eigenvalue weighted by molar-refractivity contribution is -0.113. The third-order valence-electron chi connectivity index (χ3n) is 4.01. The molecular formula is C19H23N3O2S. The number of morpholine rings is 1. The molecule has 132 valence electrons. The van der Waals surface area contributed by atoms with E-state index in [1.54, 1.807) is 18.0 Å². The lowest BCUT2D eigenvalue weighted by Crippen LogP contribution is -2.35. The van der Waals surface area contributed by atoms with Crippen LogP contribution in [0.4, 0.5) is 5.69 Å². The molecule has 2 heterocycles. The molecule has 1 saturated heterocycles. The Hall–Kier alpha value is -1.89. The molecule has 1 aliphatic heterocycles. The number of para-hydroxylation sites is 1. The lowest BCUT2D eigenvalue weighted by Gasteiger charge is -2.27. The summed E-state index contributed by atoms with van der Waals surface area (Å²) in [6, 6.07) is 12.0. The van der Waals surface area contributed by atoms with Crippen molar-refractivity contribution in [3.05, 3.63) is 59.9 Å². The van der Waals surface area contributed by atoms with E-state index in [1.807, 2.05) is 36.5 Å². The Labute approximate surface area is 152 Å². The molecule has 1 fully saturated rings. The summed E-state index contributed by atoms with van der Waals surface area (Å²) in [6.07, 6.45) is 3.59. The van der Waals surface area contributed by atoms with Gasteiger partial charge in [0.2, 0.25) is 5.91 Å². The fourth-order valence-electron chi connectivity index (χ4n) is 2.71. The molecule has 2 aromatic rings. The Bertz CT molecular complexity index is 675. The van der Waals surface area contributed by atoms with E-state index >= 15 is 0 Å². The van der Waals surface area contributed by atoms with Crippen LogP contribution in [0.2, 0.25) is 0 Å². The number of hydrogen-bond acceptors (Lipinski definition) is 5. The number of pyridine rings is 1. The van der Waals surface area contributed by atoms with Gasteiger partial charge in [-0.3, -0.25) is 14.7 Å². The van der Waals surface area contributed by atoms with Crippen LogP contribution in [0, 0.1) is 0 Å². The third kappa shape index (κ3) is 5.85. The molecule has 0 bridgehead atoms. The monoisotopic (exact) mass is 357 g/mol. The molecular weight excluding hydrogens is 334 g/mol. The van der Waals surface area contributed by atoms with Crippen LogP contribution in [0.25, 0.3) is 0 Å². The maximum Gasteiger partial charge on any atom is 0.234 e.